The Kier molecular flexibility index (Phi) is 4.30. The van der Waals surface area contributed by atoms with Crippen LogP contribution in [0.25, 0.3) is 0 Å². The largest absolute Gasteiger partial charge is 0.737 e. The maximum atomic E-state index is 10.4. The van der Waals surface area contributed by atoms with E-state index >= 15 is 0 Å². The lowest BCUT2D eigenvalue weighted by Gasteiger charge is -2.13. The van der Waals surface area contributed by atoms with Crippen molar-refractivity contribution in [3.63, 3.8) is 0 Å². The van der Waals surface area contributed by atoms with Crippen molar-refractivity contribution in [3.05, 3.63) is 10.4 Å². The molecule has 0 atom stereocenters. The van der Waals surface area contributed by atoms with Crippen LogP contribution in [-0.4, -0.2) is 37.2 Å². The molecule has 0 radical (unpaired) electrons. The van der Waals surface area contributed by atoms with Crippen LogP contribution >= 0.6 is 0 Å². The fraction of sp³-hybridized carbons (Fsp3) is 1.00. The smallest absolute Gasteiger partial charge is 0.0888 e. The van der Waals surface area contributed by atoms with Crippen LogP contribution in [0.15, 0.2) is 5.28 Å². The summed E-state index contributed by atoms with van der Waals surface area (Å²) in [4.78, 5) is 0.0112. The predicted molar refractivity (Wildman–Crippen MR) is 36.0 cm³/mol. The Morgan fingerprint density at radius 2 is 2.30 bits per heavy atom. The summed E-state index contributed by atoms with van der Waals surface area (Å²) in [6, 6.07) is 0. The van der Waals surface area contributed by atoms with E-state index in [0.29, 0.717) is 13.1 Å². The van der Waals surface area contributed by atoms with Gasteiger partial charge in [0.25, 0.3) is 0 Å². The molecular weight excluding hydrogens is 136 g/mol. The minimum Gasteiger partial charge on any atom is -0.737 e. The first-order valence-corrected chi connectivity index (χ1v) is 2.88. The lowest BCUT2D eigenvalue weighted by molar-refractivity contribution is -0.684. The van der Waals surface area contributed by atoms with E-state index in [1.165, 1.54) is 12.1 Å². The average Bonchev–Trinajstić information content (AvgIpc) is 1.98. The number of nitrogens with zero attached hydrogens (tertiary/aromatic N) is 3. The number of hydrazine groups is 1. The molecule has 0 fully saturated rings. The third kappa shape index (κ3) is 3.08. The zero-order valence-corrected chi connectivity index (χ0v) is 6.07. The molecule has 1 N–H and O–H groups in total. The lowest BCUT2D eigenvalue weighted by Crippen LogP contribution is -2.32. The van der Waals surface area contributed by atoms with E-state index in [2.05, 4.69) is 10.6 Å². The minimum atomic E-state index is 0.0112. The molecule has 0 aromatic heterocycles. The second-order valence-electron chi connectivity index (χ2n) is 1.82. The highest BCUT2D eigenvalue weighted by Crippen LogP contribution is 1.82. The second-order valence-corrected chi connectivity index (χ2v) is 1.82. The third-order valence-electron chi connectivity index (χ3n) is 1.05. The van der Waals surface area contributed by atoms with Crippen molar-refractivity contribution < 1.29 is 4.97 Å². The molecule has 6 heteroatoms. The fourth-order valence-electron chi connectivity index (χ4n) is 0.421. The van der Waals surface area contributed by atoms with Gasteiger partial charge in [0, 0.05) is 11.5 Å². The summed E-state index contributed by atoms with van der Waals surface area (Å²) in [5.74, 6) is 0. The minimum absolute atomic E-state index is 0.0112. The highest BCUT2D eigenvalue weighted by Gasteiger charge is 2.00. The van der Waals surface area contributed by atoms with Gasteiger partial charge in [-0.25, -0.2) is 0 Å². The van der Waals surface area contributed by atoms with Crippen LogP contribution in [0, 0.1) is 10.4 Å². The van der Waals surface area contributed by atoms with Crippen molar-refractivity contribution >= 4 is 0 Å². The summed E-state index contributed by atoms with van der Waals surface area (Å²) in [7, 11) is 3.25. The number of hydrogen-bond acceptors (Lipinski definition) is 4. The quantitative estimate of drug-likeness (QED) is 0.331. The van der Waals surface area contributed by atoms with E-state index < -0.39 is 0 Å². The van der Waals surface area contributed by atoms with Gasteiger partial charge in [0.2, 0.25) is 0 Å². The molecule has 0 amide bonds. The van der Waals surface area contributed by atoms with Crippen molar-refractivity contribution in [1.82, 2.24) is 10.3 Å². The molecule has 0 aliphatic heterocycles. The first-order valence-electron chi connectivity index (χ1n) is 2.88. The van der Waals surface area contributed by atoms with E-state index in [1.54, 1.807) is 7.05 Å². The first-order chi connectivity index (χ1) is 4.72. The highest BCUT2D eigenvalue weighted by molar-refractivity contribution is 4.39. The van der Waals surface area contributed by atoms with Crippen molar-refractivity contribution in [2.45, 2.75) is 0 Å². The van der Waals surface area contributed by atoms with Crippen LogP contribution in [0.2, 0.25) is 0 Å². The summed E-state index contributed by atoms with van der Waals surface area (Å²) in [5, 5.41) is 26.1. The third-order valence-corrected chi connectivity index (χ3v) is 1.05. The zero-order chi connectivity index (χ0) is 7.98. The van der Waals surface area contributed by atoms with E-state index in [4.69, 9.17) is 0 Å². The van der Waals surface area contributed by atoms with Gasteiger partial charge in [-0.15, -0.1) is 0 Å². The van der Waals surface area contributed by atoms with Crippen molar-refractivity contribution in [3.8, 4) is 0 Å². The highest BCUT2D eigenvalue weighted by atomic mass is 16.6. The van der Waals surface area contributed by atoms with Crippen LogP contribution in [-0.2, 0) is 0 Å². The van der Waals surface area contributed by atoms with Gasteiger partial charge in [-0.1, -0.05) is 0 Å². The molecule has 0 bridgehead atoms. The predicted octanol–water partition coefficient (Wildman–Crippen LogP) is -0.487. The monoisotopic (exact) mass is 147 g/mol. The maximum Gasteiger partial charge on any atom is 0.0888 e. The Bertz CT molecular complexity index is 116. The topological polar surface area (TPSA) is 76.8 Å². The van der Waals surface area contributed by atoms with Gasteiger partial charge < -0.3 is 15.7 Å². The Hall–Kier alpha value is -1.04. The van der Waals surface area contributed by atoms with Crippen LogP contribution in [0.4, 0.5) is 0 Å². The number of hydrogen-bond donors (Lipinski definition) is 1. The molecule has 0 rings (SSSR count). The molecule has 0 unspecified atom stereocenters. The van der Waals surface area contributed by atoms with Gasteiger partial charge in [0.05, 0.1) is 13.6 Å². The van der Waals surface area contributed by atoms with E-state index in [1.807, 2.05) is 0 Å². The van der Waals surface area contributed by atoms with Crippen molar-refractivity contribution in [2.75, 3.05) is 27.2 Å². The Labute approximate surface area is 59.3 Å². The van der Waals surface area contributed by atoms with Crippen LogP contribution < -0.4 is 5.32 Å². The van der Waals surface area contributed by atoms with Gasteiger partial charge in [0.1, 0.15) is 0 Å². The van der Waals surface area contributed by atoms with Gasteiger partial charge in [-0.05, 0) is 12.3 Å². The van der Waals surface area contributed by atoms with E-state index in [0.717, 1.165) is 0 Å². The number of likely N-dealkylation sites (N-methyl/N-ethyl adjacent to an activating group) is 2. The molecule has 0 saturated heterocycles. The average molecular weight is 147 g/mol. The second kappa shape index (κ2) is 4.80. The SMILES string of the molecule is CNCCN(C)/[N+]([O-])=N\[O-]. The standard InChI is InChI=1S/C4H12N4O2/c1-5-3-4-7(2)8(10)6-9/h5,9H,3-4H2,1-2H3/p-1/b8-6+. The molecule has 0 heterocycles. The Morgan fingerprint density at radius 3 is 2.70 bits per heavy atom. The molecule has 10 heavy (non-hydrogen) atoms. The Balaban J connectivity index is 3.51. The van der Waals surface area contributed by atoms with Gasteiger partial charge >= 0.3 is 0 Å². The molecule has 0 saturated carbocycles. The summed E-state index contributed by atoms with van der Waals surface area (Å²) in [5.41, 5.74) is 0. The molecule has 0 aliphatic carbocycles. The maximum absolute atomic E-state index is 10.4. The molecule has 0 spiro atoms. The van der Waals surface area contributed by atoms with E-state index in [-0.39, 0.29) is 4.97 Å². The summed E-state index contributed by atoms with van der Waals surface area (Å²) < 4.78 is 0. The summed E-state index contributed by atoms with van der Waals surface area (Å²) in [6.07, 6.45) is 0. The Morgan fingerprint density at radius 1 is 1.70 bits per heavy atom. The van der Waals surface area contributed by atoms with Gasteiger partial charge in [-0.2, -0.15) is 5.01 Å². The van der Waals surface area contributed by atoms with E-state index in [9.17, 15) is 10.4 Å². The molecular formula is C4H11N4O2-. The van der Waals surface area contributed by atoms with Crippen LogP contribution in [0.5, 0.6) is 0 Å². The van der Waals surface area contributed by atoms with Crippen molar-refractivity contribution in [2.24, 2.45) is 5.28 Å². The number of rotatable bonds is 4. The van der Waals surface area contributed by atoms with Gasteiger partial charge in [-0.3, -0.25) is 0 Å². The lowest BCUT2D eigenvalue weighted by atomic mass is 10.6. The fourth-order valence-corrected chi connectivity index (χ4v) is 0.421. The summed E-state index contributed by atoms with van der Waals surface area (Å²) >= 11 is 0. The first kappa shape index (κ1) is 8.96. The summed E-state index contributed by atoms with van der Waals surface area (Å²) in [6.45, 7) is 1.11. The van der Waals surface area contributed by atoms with Crippen LogP contribution in [0.3, 0.4) is 0 Å². The zero-order valence-electron chi connectivity index (χ0n) is 6.07. The van der Waals surface area contributed by atoms with Crippen LogP contribution in [0.1, 0.15) is 0 Å². The van der Waals surface area contributed by atoms with Crippen molar-refractivity contribution in [1.29, 1.82) is 0 Å². The molecule has 0 aromatic carbocycles. The molecule has 0 aliphatic rings. The molecule has 6 nitrogen and oxygen atoms in total. The van der Waals surface area contributed by atoms with Gasteiger partial charge in [0.15, 0.2) is 0 Å². The molecule has 60 valence electrons. The normalized spacial score (nSPS) is 11.6. The number of nitrogens with one attached hydrogen (secondary N) is 1. The molecule has 0 aromatic rings.